The molecule has 0 spiro atoms. The van der Waals surface area contributed by atoms with Crippen LogP contribution in [-0.4, -0.2) is 23.6 Å². The molecule has 4 nitrogen and oxygen atoms in total. The Morgan fingerprint density at radius 1 is 1.33 bits per heavy atom. The van der Waals surface area contributed by atoms with Crippen molar-refractivity contribution < 1.29 is 0 Å². The van der Waals surface area contributed by atoms with Crippen molar-refractivity contribution in [2.45, 2.75) is 39.7 Å². The summed E-state index contributed by atoms with van der Waals surface area (Å²) in [6, 6.07) is 6.28. The number of nitrogens with one attached hydrogen (secondary N) is 1. The third kappa shape index (κ3) is 4.43. The van der Waals surface area contributed by atoms with Crippen LogP contribution in [0.1, 0.15) is 43.8 Å². The molecule has 0 amide bonds. The smallest absolute Gasteiger partial charge is 0.135 e. The average molecular weight is 304 g/mol. The minimum absolute atomic E-state index is 0.322. The van der Waals surface area contributed by atoms with E-state index < -0.39 is 0 Å². The van der Waals surface area contributed by atoms with E-state index in [0.29, 0.717) is 5.92 Å². The van der Waals surface area contributed by atoms with E-state index in [0.717, 1.165) is 37.0 Å². The molecule has 2 rings (SSSR count). The van der Waals surface area contributed by atoms with Gasteiger partial charge in [0.25, 0.3) is 0 Å². The largest absolute Gasteiger partial charge is 0.370 e. The lowest BCUT2D eigenvalue weighted by atomic mass is 10.2. The van der Waals surface area contributed by atoms with Gasteiger partial charge in [-0.05, 0) is 17.9 Å². The van der Waals surface area contributed by atoms with Crippen LogP contribution in [0, 0.1) is 0 Å². The number of thiophene rings is 1. The van der Waals surface area contributed by atoms with Crippen molar-refractivity contribution in [1.29, 1.82) is 0 Å². The lowest BCUT2D eigenvalue weighted by molar-refractivity contribution is 0.763. The predicted molar refractivity (Wildman–Crippen MR) is 91.3 cm³/mol. The van der Waals surface area contributed by atoms with Gasteiger partial charge in [-0.1, -0.05) is 26.8 Å². The van der Waals surface area contributed by atoms with Gasteiger partial charge in [0.05, 0.1) is 6.54 Å². The zero-order chi connectivity index (χ0) is 15.2. The molecule has 0 unspecified atom stereocenters. The molecule has 0 saturated carbocycles. The van der Waals surface area contributed by atoms with E-state index in [1.54, 1.807) is 11.3 Å². The highest BCUT2D eigenvalue weighted by Gasteiger charge is 2.11. The van der Waals surface area contributed by atoms with E-state index in [4.69, 9.17) is 4.98 Å². The van der Waals surface area contributed by atoms with Gasteiger partial charge in [0.15, 0.2) is 0 Å². The molecule has 0 fully saturated rings. The van der Waals surface area contributed by atoms with E-state index >= 15 is 0 Å². The molecule has 0 aliphatic carbocycles. The lowest BCUT2D eigenvalue weighted by Crippen LogP contribution is -2.19. The summed E-state index contributed by atoms with van der Waals surface area (Å²) >= 11 is 1.77. The van der Waals surface area contributed by atoms with E-state index in [2.05, 4.69) is 60.5 Å². The van der Waals surface area contributed by atoms with Crippen LogP contribution in [-0.2, 0) is 6.54 Å². The molecule has 0 atom stereocenters. The summed E-state index contributed by atoms with van der Waals surface area (Å²) in [5.74, 6) is 3.11. The zero-order valence-corrected chi connectivity index (χ0v) is 14.1. The van der Waals surface area contributed by atoms with Crippen LogP contribution in [0.15, 0.2) is 23.6 Å². The van der Waals surface area contributed by atoms with Crippen LogP contribution >= 0.6 is 11.3 Å². The number of rotatable bonds is 7. The van der Waals surface area contributed by atoms with E-state index in [1.807, 2.05) is 6.07 Å². The standard InChI is InChI=1S/C16H24N4S/c1-5-8-17-14-10-15(19-16(18-14)12(2)3)20(4)11-13-7-6-9-21-13/h6-7,9-10,12H,5,8,11H2,1-4H3,(H,17,18,19). The van der Waals surface area contributed by atoms with Crippen molar-refractivity contribution in [1.82, 2.24) is 9.97 Å². The summed E-state index contributed by atoms with van der Waals surface area (Å²) in [5, 5.41) is 5.48. The van der Waals surface area contributed by atoms with Crippen molar-refractivity contribution in [2.24, 2.45) is 0 Å². The Kier molecular flexibility index (Phi) is 5.56. The van der Waals surface area contributed by atoms with Gasteiger partial charge < -0.3 is 10.2 Å². The highest BCUT2D eigenvalue weighted by atomic mass is 32.1. The van der Waals surface area contributed by atoms with Crippen molar-refractivity contribution in [3.8, 4) is 0 Å². The van der Waals surface area contributed by atoms with Gasteiger partial charge in [-0.15, -0.1) is 11.3 Å². The molecule has 5 heteroatoms. The van der Waals surface area contributed by atoms with Gasteiger partial charge in [0.1, 0.15) is 17.5 Å². The predicted octanol–water partition coefficient (Wildman–Crippen LogP) is 4.12. The second kappa shape index (κ2) is 7.41. The first kappa shape index (κ1) is 15.8. The summed E-state index contributed by atoms with van der Waals surface area (Å²) in [6.07, 6.45) is 1.08. The Morgan fingerprint density at radius 3 is 2.76 bits per heavy atom. The minimum Gasteiger partial charge on any atom is -0.370 e. The van der Waals surface area contributed by atoms with Crippen molar-refractivity contribution in [3.05, 3.63) is 34.3 Å². The van der Waals surface area contributed by atoms with E-state index in [1.165, 1.54) is 4.88 Å². The van der Waals surface area contributed by atoms with Crippen LogP contribution in [0.3, 0.4) is 0 Å². The highest BCUT2D eigenvalue weighted by molar-refractivity contribution is 7.09. The average Bonchev–Trinajstić information content (AvgIpc) is 2.97. The van der Waals surface area contributed by atoms with Gasteiger partial charge in [0.2, 0.25) is 0 Å². The third-order valence-corrected chi connectivity index (χ3v) is 4.03. The molecule has 2 heterocycles. The topological polar surface area (TPSA) is 41.0 Å². The first-order valence-corrected chi connectivity index (χ1v) is 8.34. The summed E-state index contributed by atoms with van der Waals surface area (Å²) in [6.45, 7) is 8.22. The molecule has 2 aromatic rings. The molecular formula is C16H24N4S. The maximum atomic E-state index is 4.70. The molecule has 0 bridgehead atoms. The van der Waals surface area contributed by atoms with Crippen molar-refractivity contribution in [3.63, 3.8) is 0 Å². The molecule has 0 aromatic carbocycles. The Bertz CT molecular complexity index is 551. The Balaban J connectivity index is 2.21. The number of nitrogens with zero attached hydrogens (tertiary/aromatic N) is 3. The van der Waals surface area contributed by atoms with Crippen LogP contribution in [0.2, 0.25) is 0 Å². The molecule has 0 aliphatic heterocycles. The zero-order valence-electron chi connectivity index (χ0n) is 13.3. The fourth-order valence-electron chi connectivity index (χ4n) is 1.97. The summed E-state index contributed by atoms with van der Waals surface area (Å²) < 4.78 is 0. The van der Waals surface area contributed by atoms with Gasteiger partial charge in [-0.2, -0.15) is 0 Å². The molecule has 0 radical (unpaired) electrons. The maximum Gasteiger partial charge on any atom is 0.135 e. The first-order chi connectivity index (χ1) is 10.1. The molecule has 2 aromatic heterocycles. The molecular weight excluding hydrogens is 280 g/mol. The quantitative estimate of drug-likeness (QED) is 0.835. The van der Waals surface area contributed by atoms with Gasteiger partial charge in [0, 0.05) is 30.5 Å². The fraction of sp³-hybridized carbons (Fsp3) is 0.500. The fourth-order valence-corrected chi connectivity index (χ4v) is 2.72. The summed E-state index contributed by atoms with van der Waals surface area (Å²) in [7, 11) is 2.08. The minimum atomic E-state index is 0.322. The first-order valence-electron chi connectivity index (χ1n) is 7.46. The Morgan fingerprint density at radius 2 is 2.14 bits per heavy atom. The SMILES string of the molecule is CCCNc1cc(N(C)Cc2cccs2)nc(C(C)C)n1. The molecule has 21 heavy (non-hydrogen) atoms. The second-order valence-corrected chi connectivity index (χ2v) is 6.52. The highest BCUT2D eigenvalue weighted by Crippen LogP contribution is 2.21. The van der Waals surface area contributed by atoms with Crippen LogP contribution in [0.5, 0.6) is 0 Å². The van der Waals surface area contributed by atoms with E-state index in [9.17, 15) is 0 Å². The maximum absolute atomic E-state index is 4.70. The van der Waals surface area contributed by atoms with Crippen LogP contribution < -0.4 is 10.2 Å². The molecule has 1 N–H and O–H groups in total. The number of aromatic nitrogens is 2. The monoisotopic (exact) mass is 304 g/mol. The van der Waals surface area contributed by atoms with Crippen LogP contribution in [0.25, 0.3) is 0 Å². The lowest BCUT2D eigenvalue weighted by Gasteiger charge is -2.20. The van der Waals surface area contributed by atoms with Gasteiger partial charge in [-0.25, -0.2) is 9.97 Å². The van der Waals surface area contributed by atoms with Crippen molar-refractivity contribution in [2.75, 3.05) is 23.8 Å². The summed E-state index contributed by atoms with van der Waals surface area (Å²) in [4.78, 5) is 12.8. The van der Waals surface area contributed by atoms with E-state index in [-0.39, 0.29) is 0 Å². The Hall–Kier alpha value is -1.62. The third-order valence-electron chi connectivity index (χ3n) is 3.17. The van der Waals surface area contributed by atoms with Crippen molar-refractivity contribution >= 4 is 23.0 Å². The van der Waals surface area contributed by atoms with Crippen LogP contribution in [0.4, 0.5) is 11.6 Å². The molecule has 114 valence electrons. The number of hydrogen-bond donors (Lipinski definition) is 1. The van der Waals surface area contributed by atoms with Gasteiger partial charge >= 0.3 is 0 Å². The Labute approximate surface area is 131 Å². The molecule has 0 saturated heterocycles. The normalized spacial score (nSPS) is 10.9. The number of anilines is 2. The summed E-state index contributed by atoms with van der Waals surface area (Å²) in [5.41, 5.74) is 0. The molecule has 0 aliphatic rings. The second-order valence-electron chi connectivity index (χ2n) is 5.49. The number of hydrogen-bond acceptors (Lipinski definition) is 5. The van der Waals surface area contributed by atoms with Gasteiger partial charge in [-0.3, -0.25) is 0 Å².